The normalized spacial score (nSPS) is 31.1. The Morgan fingerprint density at radius 2 is 1.85 bits per heavy atom. The Morgan fingerprint density at radius 3 is 2.62 bits per heavy atom. The summed E-state index contributed by atoms with van der Waals surface area (Å²) in [4.78, 5) is 26.6. The first-order chi connectivity index (χ1) is 12.5. The molecule has 3 aliphatic carbocycles. The van der Waals surface area contributed by atoms with E-state index in [2.05, 4.69) is 19.1 Å². The largest absolute Gasteiger partial charge is 0.457 e. The van der Waals surface area contributed by atoms with Gasteiger partial charge in [-0.1, -0.05) is 42.8 Å². The maximum atomic E-state index is 13.4. The monoisotopic (exact) mass is 364 g/mol. The van der Waals surface area contributed by atoms with Crippen LogP contribution in [0.4, 0.5) is 0 Å². The van der Waals surface area contributed by atoms with E-state index < -0.39 is 0 Å². The summed E-state index contributed by atoms with van der Waals surface area (Å²) in [5.74, 6) is 0.776. The lowest BCUT2D eigenvalue weighted by Crippen LogP contribution is -2.42. The number of ketones is 2. The summed E-state index contributed by atoms with van der Waals surface area (Å²) < 4.78 is 5.95. The zero-order chi connectivity index (χ0) is 18.1. The number of carbonyl (C=O) groups excluding carboxylic acids is 2. The third-order valence-electron chi connectivity index (χ3n) is 6.10. The lowest BCUT2D eigenvalue weighted by molar-refractivity contribution is 0.0674. The number of fused-ring (bicyclic) bond motifs is 6. The summed E-state index contributed by atoms with van der Waals surface area (Å²) in [5.41, 5.74) is 0.718. The number of benzene rings is 2. The summed E-state index contributed by atoms with van der Waals surface area (Å²) in [7, 11) is 0. The van der Waals surface area contributed by atoms with Gasteiger partial charge in [0.25, 0.3) is 0 Å². The van der Waals surface area contributed by atoms with E-state index >= 15 is 0 Å². The molecule has 1 saturated carbocycles. The number of rotatable bonds is 2. The van der Waals surface area contributed by atoms with Gasteiger partial charge in [0.1, 0.15) is 11.5 Å². The van der Waals surface area contributed by atoms with Gasteiger partial charge in [-0.25, -0.2) is 0 Å². The zero-order valence-electron chi connectivity index (χ0n) is 14.2. The van der Waals surface area contributed by atoms with Gasteiger partial charge >= 0.3 is 0 Å². The van der Waals surface area contributed by atoms with E-state index in [4.69, 9.17) is 16.3 Å². The predicted molar refractivity (Wildman–Crippen MR) is 99.0 cm³/mol. The molecule has 130 valence electrons. The van der Waals surface area contributed by atoms with E-state index in [1.807, 2.05) is 0 Å². The molecule has 2 bridgehead atoms. The first-order valence-electron chi connectivity index (χ1n) is 8.82. The van der Waals surface area contributed by atoms with Gasteiger partial charge in [0.05, 0.1) is 5.56 Å². The molecule has 0 spiro atoms. The average Bonchev–Trinajstić information content (AvgIpc) is 3.15. The third-order valence-corrected chi connectivity index (χ3v) is 6.35. The summed E-state index contributed by atoms with van der Waals surface area (Å²) in [5, 5.41) is 0.614. The lowest BCUT2D eigenvalue weighted by atomic mass is 9.65. The van der Waals surface area contributed by atoms with Crippen LogP contribution >= 0.6 is 11.6 Å². The van der Waals surface area contributed by atoms with Crippen LogP contribution in [0.5, 0.6) is 11.5 Å². The average molecular weight is 365 g/mol. The first-order valence-corrected chi connectivity index (χ1v) is 9.20. The van der Waals surface area contributed by atoms with Gasteiger partial charge in [-0.2, -0.15) is 0 Å². The Kier molecular flexibility index (Phi) is 3.23. The molecular formula is C22H17ClO3. The van der Waals surface area contributed by atoms with Crippen molar-refractivity contribution in [1.82, 2.24) is 0 Å². The standard InChI is InChI=1S/C22H17ClO3/c1-22-10-9-12(11-22)17-19(22)20(24)15-3-2-4-16(18(15)21(17)25)26-14-7-5-13(23)6-8-14/h2-10,12,17,19H,11H2,1H3. The molecule has 4 heteroatoms. The molecule has 3 aliphatic rings. The number of allylic oxidation sites excluding steroid dienone is 2. The maximum absolute atomic E-state index is 13.4. The third kappa shape index (κ3) is 2.07. The second-order valence-electron chi connectivity index (χ2n) is 7.70. The highest BCUT2D eigenvalue weighted by Gasteiger charge is 2.60. The van der Waals surface area contributed by atoms with Crippen LogP contribution in [0.3, 0.4) is 0 Å². The molecule has 0 aliphatic heterocycles. The second-order valence-corrected chi connectivity index (χ2v) is 8.14. The molecular weight excluding hydrogens is 348 g/mol. The summed E-state index contributed by atoms with van der Waals surface area (Å²) in [6, 6.07) is 12.2. The molecule has 3 nitrogen and oxygen atoms in total. The minimum Gasteiger partial charge on any atom is -0.457 e. The number of hydrogen-bond donors (Lipinski definition) is 0. The van der Waals surface area contributed by atoms with Crippen LogP contribution in [0, 0.1) is 23.2 Å². The van der Waals surface area contributed by atoms with E-state index in [-0.39, 0.29) is 34.7 Å². The summed E-state index contributed by atoms with van der Waals surface area (Å²) >= 11 is 5.92. The number of hydrogen-bond acceptors (Lipinski definition) is 3. The Hall–Kier alpha value is -2.39. The van der Waals surface area contributed by atoms with Crippen molar-refractivity contribution in [1.29, 1.82) is 0 Å². The topological polar surface area (TPSA) is 43.4 Å². The molecule has 4 atom stereocenters. The molecule has 0 saturated heterocycles. The van der Waals surface area contributed by atoms with Crippen LogP contribution < -0.4 is 4.74 Å². The van der Waals surface area contributed by atoms with Crippen molar-refractivity contribution in [3.63, 3.8) is 0 Å². The fraction of sp³-hybridized carbons (Fsp3) is 0.273. The molecule has 4 unspecified atom stereocenters. The van der Waals surface area contributed by atoms with Crippen molar-refractivity contribution >= 4 is 23.2 Å². The van der Waals surface area contributed by atoms with Gasteiger partial charge in [0.15, 0.2) is 11.6 Å². The fourth-order valence-corrected chi connectivity index (χ4v) is 5.10. The highest BCUT2D eigenvalue weighted by Crippen LogP contribution is 2.60. The zero-order valence-corrected chi connectivity index (χ0v) is 15.0. The molecule has 0 N–H and O–H groups in total. The fourth-order valence-electron chi connectivity index (χ4n) is 4.97. The minimum atomic E-state index is -0.264. The van der Waals surface area contributed by atoms with E-state index in [9.17, 15) is 9.59 Å². The number of Topliss-reactive ketones (excluding diaryl/α,β-unsaturated/α-hetero) is 2. The van der Waals surface area contributed by atoms with Crippen LogP contribution in [0.1, 0.15) is 34.1 Å². The maximum Gasteiger partial charge on any atom is 0.171 e. The lowest BCUT2D eigenvalue weighted by Gasteiger charge is -2.36. The van der Waals surface area contributed by atoms with Crippen LogP contribution in [0.25, 0.3) is 0 Å². The minimum absolute atomic E-state index is 0.0345. The number of carbonyl (C=O) groups is 2. The van der Waals surface area contributed by atoms with Crippen molar-refractivity contribution < 1.29 is 14.3 Å². The molecule has 0 amide bonds. The molecule has 0 radical (unpaired) electrons. The Bertz CT molecular complexity index is 975. The van der Waals surface area contributed by atoms with Crippen molar-refractivity contribution in [2.75, 3.05) is 0 Å². The van der Waals surface area contributed by atoms with Crippen molar-refractivity contribution in [2.24, 2.45) is 23.2 Å². The van der Waals surface area contributed by atoms with Crippen LogP contribution in [-0.2, 0) is 0 Å². The number of ether oxygens (including phenoxy) is 1. The quantitative estimate of drug-likeness (QED) is 0.675. The van der Waals surface area contributed by atoms with Crippen LogP contribution in [0.15, 0.2) is 54.6 Å². The Labute approximate surface area is 156 Å². The highest BCUT2D eigenvalue weighted by molar-refractivity contribution is 6.30. The van der Waals surface area contributed by atoms with E-state index in [1.54, 1.807) is 42.5 Å². The van der Waals surface area contributed by atoms with Gasteiger partial charge in [-0.05, 0) is 48.1 Å². The molecule has 0 heterocycles. The smallest absolute Gasteiger partial charge is 0.171 e. The SMILES string of the molecule is CC12C=CC(C1)C1C(=O)c3c(Oc4ccc(Cl)cc4)cccc3C(=O)C12. The second kappa shape index (κ2) is 5.31. The molecule has 2 aromatic carbocycles. The Morgan fingerprint density at radius 1 is 1.08 bits per heavy atom. The molecule has 5 rings (SSSR count). The summed E-state index contributed by atoms with van der Waals surface area (Å²) in [6.07, 6.45) is 5.12. The van der Waals surface area contributed by atoms with Crippen molar-refractivity contribution in [3.8, 4) is 11.5 Å². The van der Waals surface area contributed by atoms with Gasteiger partial charge in [0.2, 0.25) is 0 Å². The first kappa shape index (κ1) is 15.8. The van der Waals surface area contributed by atoms with Crippen LogP contribution in [-0.4, -0.2) is 11.6 Å². The molecule has 0 aromatic heterocycles. The summed E-state index contributed by atoms with van der Waals surface area (Å²) in [6.45, 7) is 2.10. The molecule has 26 heavy (non-hydrogen) atoms. The van der Waals surface area contributed by atoms with E-state index in [0.717, 1.165) is 6.42 Å². The van der Waals surface area contributed by atoms with Crippen molar-refractivity contribution in [3.05, 3.63) is 70.8 Å². The molecule has 2 aromatic rings. The highest BCUT2D eigenvalue weighted by atomic mass is 35.5. The van der Waals surface area contributed by atoms with E-state index in [0.29, 0.717) is 27.6 Å². The molecule has 1 fully saturated rings. The Balaban J connectivity index is 1.61. The predicted octanol–water partition coefficient (Wildman–Crippen LogP) is 5.34. The van der Waals surface area contributed by atoms with E-state index in [1.165, 1.54) is 0 Å². The van der Waals surface area contributed by atoms with Gasteiger partial charge in [0, 0.05) is 22.4 Å². The van der Waals surface area contributed by atoms with Crippen molar-refractivity contribution in [2.45, 2.75) is 13.3 Å². The van der Waals surface area contributed by atoms with Gasteiger partial charge in [-0.15, -0.1) is 0 Å². The van der Waals surface area contributed by atoms with Crippen LogP contribution in [0.2, 0.25) is 5.02 Å². The van der Waals surface area contributed by atoms with Gasteiger partial charge < -0.3 is 4.74 Å². The van der Waals surface area contributed by atoms with Gasteiger partial charge in [-0.3, -0.25) is 9.59 Å². The number of halogens is 1.